The minimum absolute atomic E-state index is 0.134. The fourth-order valence-corrected chi connectivity index (χ4v) is 3.05. The molecule has 0 aliphatic carbocycles. The Morgan fingerprint density at radius 1 is 1.29 bits per heavy atom. The van der Waals surface area contributed by atoms with Crippen LogP contribution in [0.4, 0.5) is 15.9 Å². The molecule has 1 saturated heterocycles. The van der Waals surface area contributed by atoms with E-state index in [0.29, 0.717) is 17.4 Å². The van der Waals surface area contributed by atoms with E-state index < -0.39 is 0 Å². The van der Waals surface area contributed by atoms with Crippen molar-refractivity contribution in [2.24, 2.45) is 5.92 Å². The first kappa shape index (κ1) is 16.4. The number of hydrogen-bond donors (Lipinski definition) is 1. The average Bonchev–Trinajstić information content (AvgIpc) is 2.59. The maximum Gasteiger partial charge on any atom is 0.219 e. The molecule has 2 heterocycles. The molecule has 1 aliphatic rings. The molecule has 1 atom stereocenters. The molecule has 0 radical (unpaired) electrons. The van der Waals surface area contributed by atoms with Crippen LogP contribution in [0, 0.1) is 11.7 Å². The lowest BCUT2D eigenvalue weighted by Crippen LogP contribution is -2.39. The number of halogens is 1. The molecule has 5 nitrogen and oxygen atoms in total. The maximum atomic E-state index is 13.6. The van der Waals surface area contributed by atoms with Crippen molar-refractivity contribution in [3.05, 3.63) is 47.9 Å². The van der Waals surface area contributed by atoms with Gasteiger partial charge in [0, 0.05) is 20.0 Å². The number of para-hydroxylation sites is 1. The van der Waals surface area contributed by atoms with Gasteiger partial charge in [0.05, 0.1) is 11.4 Å². The zero-order chi connectivity index (χ0) is 16.9. The predicted molar refractivity (Wildman–Crippen MR) is 90.4 cm³/mol. The van der Waals surface area contributed by atoms with E-state index in [-0.39, 0.29) is 11.7 Å². The minimum atomic E-state index is -0.324. The maximum absolute atomic E-state index is 13.6. The number of likely N-dealkylation sites (tertiary alicyclic amines) is 1. The Morgan fingerprint density at radius 2 is 2.12 bits per heavy atom. The number of carbonyl (C=O) groups excluding carboxylic acids is 1. The lowest BCUT2D eigenvalue weighted by molar-refractivity contribution is -0.130. The van der Waals surface area contributed by atoms with Crippen LogP contribution in [-0.2, 0) is 11.2 Å². The van der Waals surface area contributed by atoms with Gasteiger partial charge >= 0.3 is 0 Å². The summed E-state index contributed by atoms with van der Waals surface area (Å²) in [6, 6.07) is 10.2. The Morgan fingerprint density at radius 3 is 2.83 bits per heavy atom. The Hall–Kier alpha value is -2.50. The minimum Gasteiger partial charge on any atom is -0.343 e. The van der Waals surface area contributed by atoms with Crippen LogP contribution in [-0.4, -0.2) is 34.1 Å². The van der Waals surface area contributed by atoms with E-state index in [1.807, 2.05) is 11.0 Å². The molecule has 24 heavy (non-hydrogen) atoms. The quantitative estimate of drug-likeness (QED) is 0.936. The zero-order valence-corrected chi connectivity index (χ0v) is 13.7. The van der Waals surface area contributed by atoms with Crippen molar-refractivity contribution in [3.63, 3.8) is 0 Å². The van der Waals surface area contributed by atoms with Crippen LogP contribution >= 0.6 is 0 Å². The van der Waals surface area contributed by atoms with Crippen LogP contribution in [0.25, 0.3) is 0 Å². The molecule has 1 amide bonds. The van der Waals surface area contributed by atoms with Gasteiger partial charge in [0.1, 0.15) is 5.82 Å². The summed E-state index contributed by atoms with van der Waals surface area (Å²) in [5, 5.41) is 11.3. The largest absolute Gasteiger partial charge is 0.343 e. The van der Waals surface area contributed by atoms with E-state index in [1.165, 1.54) is 6.07 Å². The highest BCUT2D eigenvalue weighted by molar-refractivity contribution is 5.73. The van der Waals surface area contributed by atoms with Crippen molar-refractivity contribution >= 4 is 17.4 Å². The second-order valence-electron chi connectivity index (χ2n) is 6.19. The third-order valence-corrected chi connectivity index (χ3v) is 4.32. The first-order valence-corrected chi connectivity index (χ1v) is 8.21. The molecule has 1 unspecified atom stereocenters. The normalized spacial score (nSPS) is 17.6. The Balaban J connectivity index is 1.60. The number of benzene rings is 1. The number of amides is 1. The molecular formula is C18H21FN4O. The zero-order valence-electron chi connectivity index (χ0n) is 13.7. The molecule has 1 aromatic carbocycles. The van der Waals surface area contributed by atoms with Crippen molar-refractivity contribution in [1.29, 1.82) is 0 Å². The molecule has 0 saturated carbocycles. The fourth-order valence-electron chi connectivity index (χ4n) is 3.05. The number of piperidine rings is 1. The van der Waals surface area contributed by atoms with Crippen LogP contribution in [0.15, 0.2) is 36.4 Å². The predicted octanol–water partition coefficient (Wildman–Crippen LogP) is 3.16. The smallest absolute Gasteiger partial charge is 0.219 e. The molecule has 6 heteroatoms. The second kappa shape index (κ2) is 7.38. The third kappa shape index (κ3) is 4.07. The first-order valence-electron chi connectivity index (χ1n) is 8.21. The van der Waals surface area contributed by atoms with E-state index in [2.05, 4.69) is 15.5 Å². The van der Waals surface area contributed by atoms with Crippen LogP contribution in [0.2, 0.25) is 0 Å². The van der Waals surface area contributed by atoms with E-state index in [0.717, 1.165) is 38.0 Å². The van der Waals surface area contributed by atoms with Crippen LogP contribution in [0.1, 0.15) is 25.5 Å². The van der Waals surface area contributed by atoms with E-state index in [4.69, 9.17) is 0 Å². The monoisotopic (exact) mass is 328 g/mol. The van der Waals surface area contributed by atoms with Gasteiger partial charge in [0.15, 0.2) is 5.82 Å². The number of anilines is 2. The molecule has 0 bridgehead atoms. The van der Waals surface area contributed by atoms with Gasteiger partial charge in [0.2, 0.25) is 5.91 Å². The Labute approximate surface area is 140 Å². The van der Waals surface area contributed by atoms with Crippen molar-refractivity contribution in [2.75, 3.05) is 18.4 Å². The molecule has 0 spiro atoms. The summed E-state index contributed by atoms with van der Waals surface area (Å²) in [7, 11) is 0. The third-order valence-electron chi connectivity index (χ3n) is 4.32. The SMILES string of the molecule is CC(=O)N1CCCC(Cc2ccc(Nc3ccccc3F)nn2)C1. The Kier molecular flexibility index (Phi) is 5.03. The number of nitrogens with one attached hydrogen (secondary N) is 1. The summed E-state index contributed by atoms with van der Waals surface area (Å²) < 4.78 is 13.6. The summed E-state index contributed by atoms with van der Waals surface area (Å²) in [4.78, 5) is 13.4. The van der Waals surface area contributed by atoms with Gasteiger partial charge in [-0.2, -0.15) is 5.10 Å². The molecule has 3 rings (SSSR count). The molecule has 2 aromatic rings. The highest BCUT2D eigenvalue weighted by Gasteiger charge is 2.22. The van der Waals surface area contributed by atoms with Gasteiger partial charge in [-0.1, -0.05) is 12.1 Å². The first-order chi connectivity index (χ1) is 11.6. The molecule has 1 aliphatic heterocycles. The highest BCUT2D eigenvalue weighted by Crippen LogP contribution is 2.21. The number of hydrogen-bond acceptors (Lipinski definition) is 4. The van der Waals surface area contributed by atoms with Gasteiger partial charge in [0.25, 0.3) is 0 Å². The molecule has 1 N–H and O–H groups in total. The number of rotatable bonds is 4. The van der Waals surface area contributed by atoms with Crippen LogP contribution in [0.3, 0.4) is 0 Å². The lowest BCUT2D eigenvalue weighted by atomic mass is 9.93. The van der Waals surface area contributed by atoms with Gasteiger partial charge < -0.3 is 10.2 Å². The van der Waals surface area contributed by atoms with Gasteiger partial charge in [-0.05, 0) is 49.4 Å². The molecule has 1 fully saturated rings. The van der Waals surface area contributed by atoms with Gasteiger partial charge in [-0.25, -0.2) is 4.39 Å². The van der Waals surface area contributed by atoms with E-state index >= 15 is 0 Å². The number of carbonyl (C=O) groups is 1. The number of aromatic nitrogens is 2. The van der Waals surface area contributed by atoms with Crippen LogP contribution in [0.5, 0.6) is 0 Å². The molecule has 126 valence electrons. The second-order valence-corrected chi connectivity index (χ2v) is 6.19. The molecular weight excluding hydrogens is 307 g/mol. The lowest BCUT2D eigenvalue weighted by Gasteiger charge is -2.31. The Bertz CT molecular complexity index is 704. The van der Waals surface area contributed by atoms with E-state index in [1.54, 1.807) is 31.2 Å². The van der Waals surface area contributed by atoms with Crippen molar-refractivity contribution in [3.8, 4) is 0 Å². The summed E-state index contributed by atoms with van der Waals surface area (Å²) >= 11 is 0. The van der Waals surface area contributed by atoms with Gasteiger partial charge in [-0.3, -0.25) is 4.79 Å². The van der Waals surface area contributed by atoms with Gasteiger partial charge in [-0.15, -0.1) is 5.10 Å². The summed E-state index contributed by atoms with van der Waals surface area (Å²) in [6.07, 6.45) is 2.93. The standard InChI is InChI=1S/C18H21FN4O/c1-13(24)23-10-4-5-14(12-23)11-15-8-9-18(22-21-15)20-17-7-3-2-6-16(17)19/h2-3,6-9,14H,4-5,10-12H2,1H3,(H,20,22). The summed E-state index contributed by atoms with van der Waals surface area (Å²) in [5.41, 5.74) is 1.27. The summed E-state index contributed by atoms with van der Waals surface area (Å²) in [6.45, 7) is 3.25. The van der Waals surface area contributed by atoms with Crippen molar-refractivity contribution in [1.82, 2.24) is 15.1 Å². The highest BCUT2D eigenvalue weighted by atomic mass is 19.1. The van der Waals surface area contributed by atoms with Crippen LogP contribution < -0.4 is 5.32 Å². The summed E-state index contributed by atoms with van der Waals surface area (Å²) in [5.74, 6) is 0.741. The fraction of sp³-hybridized carbons (Fsp3) is 0.389. The average molecular weight is 328 g/mol. The topological polar surface area (TPSA) is 58.1 Å². The number of nitrogens with zero attached hydrogens (tertiary/aromatic N) is 3. The van der Waals surface area contributed by atoms with Crippen molar-refractivity contribution in [2.45, 2.75) is 26.2 Å². The van der Waals surface area contributed by atoms with Crippen molar-refractivity contribution < 1.29 is 9.18 Å². The molecule has 1 aromatic heterocycles. The van der Waals surface area contributed by atoms with E-state index in [9.17, 15) is 9.18 Å².